The average molecular weight is 498 g/mol. The minimum atomic E-state index is 0. The van der Waals surface area contributed by atoms with Gasteiger partial charge in [0.05, 0.1) is 17.6 Å². The van der Waals surface area contributed by atoms with Crippen molar-refractivity contribution >= 4 is 52.3 Å². The van der Waals surface area contributed by atoms with Gasteiger partial charge in [0.2, 0.25) is 0 Å². The number of halogens is 1. The van der Waals surface area contributed by atoms with E-state index in [1.54, 1.807) is 11.3 Å². The van der Waals surface area contributed by atoms with Crippen molar-refractivity contribution in [1.29, 1.82) is 0 Å². The van der Waals surface area contributed by atoms with Crippen molar-refractivity contribution in [1.82, 2.24) is 25.2 Å². The number of aryl methyl sites for hydroxylation is 2. The first-order valence-corrected chi connectivity index (χ1v) is 9.90. The molecule has 146 valence electrons. The lowest BCUT2D eigenvalue weighted by atomic mass is 10.3. The average Bonchev–Trinajstić information content (AvgIpc) is 3.24. The number of benzene rings is 1. The lowest BCUT2D eigenvalue weighted by Gasteiger charge is -2.12. The molecule has 0 aliphatic carbocycles. The zero-order chi connectivity index (χ0) is 18.4. The summed E-state index contributed by atoms with van der Waals surface area (Å²) in [4.78, 5) is 15.0. The number of guanidine groups is 1. The van der Waals surface area contributed by atoms with Crippen molar-refractivity contribution < 1.29 is 0 Å². The minimum Gasteiger partial charge on any atom is -0.357 e. The van der Waals surface area contributed by atoms with Crippen LogP contribution in [0.15, 0.2) is 35.5 Å². The van der Waals surface area contributed by atoms with E-state index in [9.17, 15) is 0 Å². The summed E-state index contributed by atoms with van der Waals surface area (Å²) >= 11 is 1.73. The molecular weight excluding hydrogens is 471 g/mol. The predicted molar refractivity (Wildman–Crippen MR) is 124 cm³/mol. The van der Waals surface area contributed by atoms with Crippen LogP contribution in [0.5, 0.6) is 0 Å². The molecule has 0 aliphatic rings. The van der Waals surface area contributed by atoms with E-state index in [0.29, 0.717) is 6.54 Å². The van der Waals surface area contributed by atoms with Crippen LogP contribution in [0.4, 0.5) is 0 Å². The quantitative estimate of drug-likeness (QED) is 0.296. The molecule has 3 aromatic rings. The van der Waals surface area contributed by atoms with Gasteiger partial charge in [0.15, 0.2) is 5.96 Å². The minimum absolute atomic E-state index is 0. The van der Waals surface area contributed by atoms with Crippen LogP contribution in [-0.2, 0) is 19.5 Å². The van der Waals surface area contributed by atoms with Gasteiger partial charge in [-0.05, 0) is 32.4 Å². The third-order valence-corrected chi connectivity index (χ3v) is 5.27. The maximum atomic E-state index is 4.65. The maximum Gasteiger partial charge on any atom is 0.191 e. The molecule has 3 rings (SSSR count). The fraction of sp³-hybridized carbons (Fsp3) is 0.421. The number of hydrogen-bond acceptors (Lipinski definition) is 4. The molecule has 0 bridgehead atoms. The summed E-state index contributed by atoms with van der Waals surface area (Å²) in [6, 6.07) is 8.24. The van der Waals surface area contributed by atoms with Gasteiger partial charge in [-0.1, -0.05) is 19.1 Å². The number of hydrogen-bond donors (Lipinski definition) is 2. The Labute approximate surface area is 181 Å². The number of aliphatic imine (C=N–C) groups is 1. The van der Waals surface area contributed by atoms with Crippen LogP contribution in [-0.4, -0.2) is 33.6 Å². The van der Waals surface area contributed by atoms with E-state index < -0.39 is 0 Å². The van der Waals surface area contributed by atoms with Crippen LogP contribution >= 0.6 is 35.3 Å². The third kappa shape index (κ3) is 5.65. The second-order valence-corrected chi connectivity index (χ2v) is 7.19. The molecule has 0 saturated carbocycles. The van der Waals surface area contributed by atoms with Gasteiger partial charge >= 0.3 is 0 Å². The highest BCUT2D eigenvalue weighted by molar-refractivity contribution is 14.0. The molecule has 0 unspecified atom stereocenters. The Hall–Kier alpha value is -1.68. The van der Waals surface area contributed by atoms with E-state index in [1.165, 1.54) is 10.4 Å². The zero-order valence-corrected chi connectivity index (χ0v) is 19.2. The standard InChI is InChI=1S/C19H26N6S.HI/c1-4-15-12-22-18(26-15)13-23-19(20-5-2)21-10-11-25-14(3)24-16-8-6-7-9-17(16)25;/h6-9,12H,4-5,10-11,13H2,1-3H3,(H2,20,21,23);1H. The van der Waals surface area contributed by atoms with Gasteiger partial charge in [-0.3, -0.25) is 0 Å². The molecular formula is C19H27IN6S. The van der Waals surface area contributed by atoms with E-state index in [4.69, 9.17) is 0 Å². The number of imidazole rings is 1. The topological polar surface area (TPSA) is 67.1 Å². The number of para-hydroxylation sites is 2. The summed E-state index contributed by atoms with van der Waals surface area (Å²) < 4.78 is 2.24. The molecule has 0 radical (unpaired) electrons. The SMILES string of the molecule is CCNC(=NCc1ncc(CC)s1)NCCn1c(C)nc2ccccc21.I. The normalized spacial score (nSPS) is 11.4. The molecule has 8 heteroatoms. The van der Waals surface area contributed by atoms with Gasteiger partial charge in [0, 0.05) is 30.7 Å². The molecule has 0 fully saturated rings. The monoisotopic (exact) mass is 498 g/mol. The fourth-order valence-electron chi connectivity index (χ4n) is 2.84. The molecule has 0 atom stereocenters. The molecule has 0 spiro atoms. The highest BCUT2D eigenvalue weighted by Gasteiger charge is 2.07. The number of nitrogens with one attached hydrogen (secondary N) is 2. The predicted octanol–water partition coefficient (Wildman–Crippen LogP) is 3.74. The van der Waals surface area contributed by atoms with Gasteiger partial charge in [-0.15, -0.1) is 35.3 Å². The van der Waals surface area contributed by atoms with E-state index in [0.717, 1.165) is 48.4 Å². The summed E-state index contributed by atoms with van der Waals surface area (Å²) in [6.45, 7) is 9.33. The molecule has 6 nitrogen and oxygen atoms in total. The van der Waals surface area contributed by atoms with E-state index in [2.05, 4.69) is 62.2 Å². The van der Waals surface area contributed by atoms with Crippen molar-refractivity contribution in [3.8, 4) is 0 Å². The first kappa shape index (κ1) is 21.6. The molecule has 2 aromatic heterocycles. The number of rotatable bonds is 7. The number of thiazole rings is 1. The van der Waals surface area contributed by atoms with E-state index >= 15 is 0 Å². The summed E-state index contributed by atoms with van der Waals surface area (Å²) in [7, 11) is 0. The second-order valence-electron chi connectivity index (χ2n) is 6.00. The molecule has 0 saturated heterocycles. The van der Waals surface area contributed by atoms with Crippen LogP contribution in [0.1, 0.15) is 29.6 Å². The van der Waals surface area contributed by atoms with Crippen LogP contribution in [0.25, 0.3) is 11.0 Å². The molecule has 2 N–H and O–H groups in total. The summed E-state index contributed by atoms with van der Waals surface area (Å²) in [6.07, 6.45) is 2.97. The second kappa shape index (κ2) is 10.6. The van der Waals surface area contributed by atoms with Crippen molar-refractivity contribution in [3.63, 3.8) is 0 Å². The Morgan fingerprint density at radius 3 is 2.78 bits per heavy atom. The first-order chi connectivity index (χ1) is 12.7. The van der Waals surface area contributed by atoms with Crippen LogP contribution in [0.3, 0.4) is 0 Å². The summed E-state index contributed by atoms with van der Waals surface area (Å²) in [5, 5.41) is 7.76. The maximum absolute atomic E-state index is 4.65. The van der Waals surface area contributed by atoms with Gasteiger partial charge in [-0.25, -0.2) is 15.0 Å². The summed E-state index contributed by atoms with van der Waals surface area (Å²) in [5.41, 5.74) is 2.21. The smallest absolute Gasteiger partial charge is 0.191 e. The molecule has 0 aliphatic heterocycles. The Morgan fingerprint density at radius 2 is 2.04 bits per heavy atom. The number of aromatic nitrogens is 3. The molecule has 2 heterocycles. The number of fused-ring (bicyclic) bond motifs is 1. The first-order valence-electron chi connectivity index (χ1n) is 9.08. The highest BCUT2D eigenvalue weighted by Crippen LogP contribution is 2.15. The van der Waals surface area contributed by atoms with Crippen LogP contribution in [0.2, 0.25) is 0 Å². The Morgan fingerprint density at radius 1 is 1.22 bits per heavy atom. The Bertz CT molecular complexity index is 885. The van der Waals surface area contributed by atoms with Crippen molar-refractivity contribution in [3.05, 3.63) is 46.2 Å². The molecule has 1 aromatic carbocycles. The van der Waals surface area contributed by atoms with E-state index in [-0.39, 0.29) is 24.0 Å². The Kier molecular flexibility index (Phi) is 8.49. The highest BCUT2D eigenvalue weighted by atomic mass is 127. The van der Waals surface area contributed by atoms with E-state index in [1.807, 2.05) is 19.2 Å². The Balaban J connectivity index is 0.00000261. The van der Waals surface area contributed by atoms with Gasteiger partial charge < -0.3 is 15.2 Å². The summed E-state index contributed by atoms with van der Waals surface area (Å²) in [5.74, 6) is 1.85. The number of nitrogens with zero attached hydrogens (tertiary/aromatic N) is 4. The zero-order valence-electron chi connectivity index (χ0n) is 16.0. The fourth-order valence-corrected chi connectivity index (χ4v) is 3.62. The largest absolute Gasteiger partial charge is 0.357 e. The van der Waals surface area contributed by atoms with Crippen molar-refractivity contribution in [2.75, 3.05) is 13.1 Å². The van der Waals surface area contributed by atoms with Gasteiger partial charge in [0.1, 0.15) is 10.8 Å². The van der Waals surface area contributed by atoms with Crippen LogP contribution < -0.4 is 10.6 Å². The third-order valence-electron chi connectivity index (χ3n) is 4.14. The van der Waals surface area contributed by atoms with Crippen LogP contribution in [0, 0.1) is 6.92 Å². The van der Waals surface area contributed by atoms with Crippen molar-refractivity contribution in [2.45, 2.75) is 40.3 Å². The van der Waals surface area contributed by atoms with Gasteiger partial charge in [0.25, 0.3) is 0 Å². The van der Waals surface area contributed by atoms with Gasteiger partial charge in [-0.2, -0.15) is 0 Å². The molecule has 27 heavy (non-hydrogen) atoms. The lowest BCUT2D eigenvalue weighted by molar-refractivity contribution is 0.660. The van der Waals surface area contributed by atoms with Crippen molar-refractivity contribution in [2.24, 2.45) is 4.99 Å². The molecule has 0 amide bonds. The lowest BCUT2D eigenvalue weighted by Crippen LogP contribution is -2.38.